The first-order valence-electron chi connectivity index (χ1n) is 4.92. The first-order chi connectivity index (χ1) is 8.88. The van der Waals surface area contributed by atoms with Crippen molar-refractivity contribution in [3.8, 4) is 23.0 Å². The van der Waals surface area contributed by atoms with Gasteiger partial charge in [0.25, 0.3) is 0 Å². The van der Waals surface area contributed by atoms with E-state index in [9.17, 15) is 10.2 Å². The van der Waals surface area contributed by atoms with E-state index in [1.165, 1.54) is 24.3 Å². The zero-order valence-corrected chi connectivity index (χ0v) is 12.1. The van der Waals surface area contributed by atoms with E-state index in [0.29, 0.717) is 0 Å². The van der Waals surface area contributed by atoms with Crippen molar-refractivity contribution in [3.05, 3.63) is 44.4 Å². The van der Waals surface area contributed by atoms with Crippen molar-refractivity contribution in [2.45, 2.75) is 0 Å². The molecule has 0 aliphatic heterocycles. The number of rotatable bonds is 2. The average Bonchev–Trinajstić information content (AvgIpc) is 2.32. The number of aromatic hydroxyl groups is 2. The molecule has 0 aliphatic rings. The van der Waals surface area contributed by atoms with Gasteiger partial charge in [-0.3, -0.25) is 0 Å². The highest BCUT2D eigenvalue weighted by atomic mass is 35.5. The monoisotopic (exact) mass is 338 g/mol. The molecule has 0 amide bonds. The van der Waals surface area contributed by atoms with Crippen molar-refractivity contribution < 1.29 is 14.9 Å². The molecule has 0 unspecified atom stereocenters. The van der Waals surface area contributed by atoms with Crippen LogP contribution in [0.1, 0.15) is 0 Å². The Labute approximate surface area is 128 Å². The number of benzene rings is 2. The third kappa shape index (κ3) is 3.12. The third-order valence-corrected chi connectivity index (χ3v) is 3.42. The van der Waals surface area contributed by atoms with E-state index in [-0.39, 0.29) is 43.1 Å². The maximum absolute atomic E-state index is 9.37. The van der Waals surface area contributed by atoms with Crippen LogP contribution in [0.5, 0.6) is 23.0 Å². The van der Waals surface area contributed by atoms with E-state index in [4.69, 9.17) is 51.1 Å². The van der Waals surface area contributed by atoms with Gasteiger partial charge in [-0.1, -0.05) is 46.4 Å². The maximum Gasteiger partial charge on any atom is 0.147 e. The van der Waals surface area contributed by atoms with E-state index in [1.54, 1.807) is 0 Å². The molecule has 100 valence electrons. The van der Waals surface area contributed by atoms with E-state index in [2.05, 4.69) is 0 Å². The summed E-state index contributed by atoms with van der Waals surface area (Å²) in [6.45, 7) is 0. The molecule has 2 aromatic rings. The fourth-order valence-electron chi connectivity index (χ4n) is 1.31. The maximum atomic E-state index is 9.37. The van der Waals surface area contributed by atoms with Crippen LogP contribution in [0.4, 0.5) is 0 Å². The Hall–Kier alpha value is -1.000. The van der Waals surface area contributed by atoms with Crippen molar-refractivity contribution in [1.29, 1.82) is 0 Å². The summed E-state index contributed by atoms with van der Waals surface area (Å²) in [6, 6.07) is 5.18. The van der Waals surface area contributed by atoms with E-state index in [1.807, 2.05) is 0 Å². The van der Waals surface area contributed by atoms with Gasteiger partial charge in [-0.25, -0.2) is 0 Å². The standard InChI is InChI=1S/C12H6Cl4O3/c13-5-3-11(7(15)1-9(5)17)19-12-4-6(14)10(18)2-8(12)16/h1-4,17-18H. The molecular weight excluding hydrogens is 334 g/mol. The molecule has 2 aromatic carbocycles. The molecule has 0 radical (unpaired) electrons. The Balaban J connectivity index is 2.42. The summed E-state index contributed by atoms with van der Waals surface area (Å²) in [5.41, 5.74) is 0. The Kier molecular flexibility index (Phi) is 4.21. The van der Waals surface area contributed by atoms with Gasteiger partial charge in [0.05, 0.1) is 20.1 Å². The van der Waals surface area contributed by atoms with Crippen LogP contribution in [-0.4, -0.2) is 10.2 Å². The SMILES string of the molecule is Oc1cc(Cl)c(Oc2cc(Cl)c(O)cc2Cl)cc1Cl. The molecule has 3 nitrogen and oxygen atoms in total. The molecule has 0 aromatic heterocycles. The van der Waals surface area contributed by atoms with Gasteiger partial charge in [-0.15, -0.1) is 0 Å². The lowest BCUT2D eigenvalue weighted by Gasteiger charge is -2.11. The Morgan fingerprint density at radius 1 is 0.632 bits per heavy atom. The third-order valence-electron chi connectivity index (χ3n) is 2.22. The van der Waals surface area contributed by atoms with Crippen LogP contribution >= 0.6 is 46.4 Å². The first kappa shape index (κ1) is 14.4. The van der Waals surface area contributed by atoms with Gasteiger partial charge >= 0.3 is 0 Å². The van der Waals surface area contributed by atoms with Crippen LogP contribution in [0.3, 0.4) is 0 Å². The van der Waals surface area contributed by atoms with E-state index < -0.39 is 0 Å². The number of hydrogen-bond donors (Lipinski definition) is 2. The topological polar surface area (TPSA) is 49.7 Å². The molecule has 19 heavy (non-hydrogen) atoms. The molecule has 0 fully saturated rings. The summed E-state index contributed by atoms with van der Waals surface area (Å²) in [5.74, 6) is 0.0870. The van der Waals surface area contributed by atoms with Crippen LogP contribution in [0, 0.1) is 0 Å². The highest BCUT2D eigenvalue weighted by molar-refractivity contribution is 6.36. The summed E-state index contributed by atoms with van der Waals surface area (Å²) in [4.78, 5) is 0. The minimum atomic E-state index is -0.158. The van der Waals surface area contributed by atoms with Gasteiger partial charge in [0.1, 0.15) is 23.0 Å². The minimum Gasteiger partial charge on any atom is -0.506 e. The zero-order valence-electron chi connectivity index (χ0n) is 9.12. The molecule has 0 aliphatic carbocycles. The van der Waals surface area contributed by atoms with E-state index in [0.717, 1.165) is 0 Å². The summed E-state index contributed by atoms with van der Waals surface area (Å²) >= 11 is 23.3. The van der Waals surface area contributed by atoms with E-state index >= 15 is 0 Å². The number of ether oxygens (including phenoxy) is 1. The smallest absolute Gasteiger partial charge is 0.147 e. The lowest BCUT2D eigenvalue weighted by Crippen LogP contribution is -1.87. The number of phenolic OH excluding ortho intramolecular Hbond substituents is 2. The quantitative estimate of drug-likeness (QED) is 0.759. The molecule has 0 saturated carbocycles. The first-order valence-corrected chi connectivity index (χ1v) is 6.43. The van der Waals surface area contributed by atoms with Crippen molar-refractivity contribution >= 4 is 46.4 Å². The van der Waals surface area contributed by atoms with Crippen LogP contribution in [0.15, 0.2) is 24.3 Å². The van der Waals surface area contributed by atoms with Crippen molar-refractivity contribution in [1.82, 2.24) is 0 Å². The predicted molar refractivity (Wildman–Crippen MR) is 76.3 cm³/mol. The van der Waals surface area contributed by atoms with Crippen molar-refractivity contribution in [2.75, 3.05) is 0 Å². The second-order valence-electron chi connectivity index (χ2n) is 3.57. The van der Waals surface area contributed by atoms with Gasteiger partial charge in [-0.2, -0.15) is 0 Å². The van der Waals surface area contributed by atoms with Crippen LogP contribution in [-0.2, 0) is 0 Å². The number of hydrogen-bond acceptors (Lipinski definition) is 3. The summed E-state index contributed by atoms with van der Waals surface area (Å²) in [5, 5.41) is 19.2. The molecule has 0 saturated heterocycles. The van der Waals surface area contributed by atoms with Gasteiger partial charge in [0, 0.05) is 24.3 Å². The van der Waals surface area contributed by atoms with Crippen LogP contribution < -0.4 is 4.74 Å². The molecular formula is C12H6Cl4O3. The molecule has 0 heterocycles. The van der Waals surface area contributed by atoms with Gasteiger partial charge in [0.15, 0.2) is 0 Å². The molecule has 0 atom stereocenters. The normalized spacial score (nSPS) is 10.5. The average molecular weight is 340 g/mol. The number of phenols is 2. The number of halogens is 4. The predicted octanol–water partition coefficient (Wildman–Crippen LogP) is 5.50. The van der Waals surface area contributed by atoms with Gasteiger partial charge in [0.2, 0.25) is 0 Å². The molecule has 0 bridgehead atoms. The highest BCUT2D eigenvalue weighted by Crippen LogP contribution is 2.41. The fraction of sp³-hybridized carbons (Fsp3) is 0. The molecule has 7 heteroatoms. The second kappa shape index (κ2) is 5.55. The van der Waals surface area contributed by atoms with Gasteiger partial charge in [-0.05, 0) is 0 Å². The highest BCUT2D eigenvalue weighted by Gasteiger charge is 2.12. The summed E-state index contributed by atoms with van der Waals surface area (Å²) in [7, 11) is 0. The minimum absolute atomic E-state index is 0.0837. The van der Waals surface area contributed by atoms with Crippen molar-refractivity contribution in [2.24, 2.45) is 0 Å². The molecule has 0 spiro atoms. The van der Waals surface area contributed by atoms with Crippen LogP contribution in [0.25, 0.3) is 0 Å². The Bertz CT molecular complexity index is 588. The summed E-state index contributed by atoms with van der Waals surface area (Å²) < 4.78 is 5.46. The lowest BCUT2D eigenvalue weighted by atomic mass is 10.3. The summed E-state index contributed by atoms with van der Waals surface area (Å²) in [6.07, 6.45) is 0. The lowest BCUT2D eigenvalue weighted by molar-refractivity contribution is 0.460. The second-order valence-corrected chi connectivity index (χ2v) is 5.20. The molecule has 2 N–H and O–H groups in total. The zero-order chi connectivity index (χ0) is 14.2. The van der Waals surface area contributed by atoms with Gasteiger partial charge < -0.3 is 14.9 Å². The Morgan fingerprint density at radius 3 is 1.37 bits per heavy atom. The van der Waals surface area contributed by atoms with Crippen LogP contribution in [0.2, 0.25) is 20.1 Å². The Morgan fingerprint density at radius 2 is 1.00 bits per heavy atom. The molecule has 2 rings (SSSR count). The largest absolute Gasteiger partial charge is 0.506 e. The fourth-order valence-corrected chi connectivity index (χ4v) is 2.01. The van der Waals surface area contributed by atoms with Crippen molar-refractivity contribution in [3.63, 3.8) is 0 Å².